The van der Waals surface area contributed by atoms with Crippen LogP contribution in [0.2, 0.25) is 0 Å². The van der Waals surface area contributed by atoms with E-state index in [-0.39, 0.29) is 5.75 Å². The van der Waals surface area contributed by atoms with Gasteiger partial charge in [-0.25, -0.2) is 8.42 Å². The maximum Gasteiger partial charge on any atom is 0.174 e. The van der Waals surface area contributed by atoms with Crippen molar-refractivity contribution in [2.45, 2.75) is 20.3 Å². The Balaban J connectivity index is 2.85. The minimum absolute atomic E-state index is 0.155. The maximum atomic E-state index is 11.7. The lowest BCUT2D eigenvalue weighted by Crippen LogP contribution is -2.07. The van der Waals surface area contributed by atoms with Gasteiger partial charge in [-0.15, -0.1) is 0 Å². The van der Waals surface area contributed by atoms with Gasteiger partial charge < -0.3 is 0 Å². The van der Waals surface area contributed by atoms with Gasteiger partial charge in [0.2, 0.25) is 0 Å². The zero-order valence-electron chi connectivity index (χ0n) is 9.90. The molecular formula is C12H17NO2S. The van der Waals surface area contributed by atoms with E-state index in [2.05, 4.69) is 4.99 Å². The third-order valence-electron chi connectivity index (χ3n) is 2.51. The van der Waals surface area contributed by atoms with Crippen LogP contribution in [0.3, 0.4) is 0 Å². The molecule has 1 aliphatic rings. The van der Waals surface area contributed by atoms with Crippen LogP contribution in [0.25, 0.3) is 0 Å². The van der Waals surface area contributed by atoms with E-state index < -0.39 is 9.84 Å². The fourth-order valence-corrected chi connectivity index (χ4v) is 2.58. The van der Waals surface area contributed by atoms with Crippen molar-refractivity contribution in [2.75, 3.05) is 12.8 Å². The number of aliphatic imine (C=N–C) groups is 1. The molecular weight excluding hydrogens is 222 g/mol. The van der Waals surface area contributed by atoms with Crippen LogP contribution in [0.1, 0.15) is 20.3 Å². The predicted octanol–water partition coefficient (Wildman–Crippen LogP) is 2.28. The monoisotopic (exact) mass is 239 g/mol. The molecule has 0 N–H and O–H groups in total. The number of hydrogen-bond acceptors (Lipinski definition) is 3. The zero-order chi connectivity index (χ0) is 12.2. The SMILES string of the molecule is C/C=C\C(=NC)C1=CC=C(S(=O)(=O)CC)C1. The smallest absolute Gasteiger partial charge is 0.174 e. The largest absolute Gasteiger partial charge is 0.288 e. The normalized spacial score (nSPS) is 17.8. The molecule has 1 aliphatic carbocycles. The second-order valence-electron chi connectivity index (χ2n) is 3.51. The molecule has 0 heterocycles. The van der Waals surface area contributed by atoms with Gasteiger partial charge in [0.05, 0.1) is 11.5 Å². The van der Waals surface area contributed by atoms with Crippen molar-refractivity contribution in [1.29, 1.82) is 0 Å². The standard InChI is InChI=1S/C12H17NO2S/c1-4-6-12(13-3)10-7-8-11(9-10)16(14,15)5-2/h4,6-8H,5,9H2,1-3H3/b6-4-,13-12?. The third kappa shape index (κ3) is 2.70. The van der Waals surface area contributed by atoms with Gasteiger partial charge in [-0.2, -0.15) is 0 Å². The zero-order valence-corrected chi connectivity index (χ0v) is 10.7. The van der Waals surface area contributed by atoms with Crippen molar-refractivity contribution in [3.05, 3.63) is 34.8 Å². The van der Waals surface area contributed by atoms with Gasteiger partial charge >= 0.3 is 0 Å². The molecule has 16 heavy (non-hydrogen) atoms. The highest BCUT2D eigenvalue weighted by Gasteiger charge is 2.21. The Labute approximate surface area is 97.2 Å². The molecule has 0 saturated carbocycles. The van der Waals surface area contributed by atoms with Crippen LogP contribution in [0, 0.1) is 0 Å². The topological polar surface area (TPSA) is 46.5 Å². The van der Waals surface area contributed by atoms with E-state index in [0.717, 1.165) is 11.3 Å². The lowest BCUT2D eigenvalue weighted by atomic mass is 10.1. The Hall–Kier alpha value is -1.16. The van der Waals surface area contributed by atoms with Crippen molar-refractivity contribution < 1.29 is 8.42 Å². The lowest BCUT2D eigenvalue weighted by Gasteiger charge is -2.05. The van der Waals surface area contributed by atoms with Gasteiger partial charge in [0.15, 0.2) is 9.84 Å². The summed E-state index contributed by atoms with van der Waals surface area (Å²) in [6, 6.07) is 0. The van der Waals surface area contributed by atoms with Crippen molar-refractivity contribution in [2.24, 2.45) is 4.99 Å². The van der Waals surface area contributed by atoms with E-state index >= 15 is 0 Å². The Kier molecular flexibility index (Phi) is 4.24. The minimum Gasteiger partial charge on any atom is -0.288 e. The molecule has 0 spiro atoms. The molecule has 0 radical (unpaired) electrons. The van der Waals surface area contributed by atoms with Crippen LogP contribution >= 0.6 is 0 Å². The summed E-state index contributed by atoms with van der Waals surface area (Å²) < 4.78 is 23.3. The fraction of sp³-hybridized carbons (Fsp3) is 0.417. The summed E-state index contributed by atoms with van der Waals surface area (Å²) in [5.41, 5.74) is 1.81. The molecule has 3 nitrogen and oxygen atoms in total. The number of allylic oxidation sites excluding steroid dienone is 6. The highest BCUT2D eigenvalue weighted by molar-refractivity contribution is 7.95. The van der Waals surface area contributed by atoms with Gasteiger partial charge in [0.25, 0.3) is 0 Å². The quantitative estimate of drug-likeness (QED) is 0.707. The molecule has 0 aromatic carbocycles. The molecule has 0 unspecified atom stereocenters. The molecule has 1 rings (SSSR count). The Bertz CT molecular complexity index is 479. The van der Waals surface area contributed by atoms with Crippen molar-refractivity contribution in [3.8, 4) is 0 Å². The molecule has 0 fully saturated rings. The van der Waals surface area contributed by atoms with Crippen molar-refractivity contribution >= 4 is 15.5 Å². The number of hydrogen-bond donors (Lipinski definition) is 0. The molecule has 0 aliphatic heterocycles. The average Bonchev–Trinajstić information content (AvgIpc) is 2.75. The first-order chi connectivity index (χ1) is 7.55. The summed E-state index contributed by atoms with van der Waals surface area (Å²) in [6.07, 6.45) is 7.78. The Morgan fingerprint density at radius 1 is 1.50 bits per heavy atom. The molecule has 0 amide bonds. The van der Waals surface area contributed by atoms with Crippen LogP contribution in [0.4, 0.5) is 0 Å². The molecule has 0 aromatic rings. The first-order valence-corrected chi connectivity index (χ1v) is 6.92. The molecule has 88 valence electrons. The van der Waals surface area contributed by atoms with E-state index in [9.17, 15) is 8.42 Å². The third-order valence-corrected chi connectivity index (χ3v) is 4.35. The minimum atomic E-state index is -3.06. The summed E-state index contributed by atoms with van der Waals surface area (Å²) in [6.45, 7) is 3.58. The van der Waals surface area contributed by atoms with E-state index in [0.29, 0.717) is 11.3 Å². The van der Waals surface area contributed by atoms with Crippen LogP contribution in [0.5, 0.6) is 0 Å². The van der Waals surface area contributed by atoms with Crippen molar-refractivity contribution in [1.82, 2.24) is 0 Å². The Morgan fingerprint density at radius 2 is 2.19 bits per heavy atom. The van der Waals surface area contributed by atoms with Crippen molar-refractivity contribution in [3.63, 3.8) is 0 Å². The van der Waals surface area contributed by atoms with Crippen LogP contribution in [0.15, 0.2) is 39.8 Å². The molecule has 0 saturated heterocycles. The Morgan fingerprint density at radius 3 is 2.69 bits per heavy atom. The van der Waals surface area contributed by atoms with E-state index in [1.54, 1.807) is 20.0 Å². The molecule has 4 heteroatoms. The first kappa shape index (κ1) is 12.9. The molecule has 0 bridgehead atoms. The molecule has 0 aromatic heterocycles. The van der Waals surface area contributed by atoms with E-state index in [1.165, 1.54) is 0 Å². The molecule has 0 atom stereocenters. The second kappa shape index (κ2) is 5.25. The van der Waals surface area contributed by atoms with Gasteiger partial charge in [-0.05, 0) is 24.6 Å². The summed E-state index contributed by atoms with van der Waals surface area (Å²) in [5.74, 6) is 0.155. The predicted molar refractivity (Wildman–Crippen MR) is 68.4 cm³/mol. The van der Waals surface area contributed by atoms with Gasteiger partial charge in [-0.3, -0.25) is 4.99 Å². The maximum absolute atomic E-state index is 11.7. The van der Waals surface area contributed by atoms with Gasteiger partial charge in [0, 0.05) is 18.4 Å². The fourth-order valence-electron chi connectivity index (χ4n) is 1.56. The lowest BCUT2D eigenvalue weighted by molar-refractivity contribution is 0.602. The summed E-state index contributed by atoms with van der Waals surface area (Å²) in [5, 5.41) is 0. The number of nitrogens with zero attached hydrogens (tertiary/aromatic N) is 1. The second-order valence-corrected chi connectivity index (χ2v) is 5.85. The van der Waals surface area contributed by atoms with E-state index in [1.807, 2.05) is 25.2 Å². The van der Waals surface area contributed by atoms with E-state index in [4.69, 9.17) is 0 Å². The summed E-state index contributed by atoms with van der Waals surface area (Å²) >= 11 is 0. The van der Waals surface area contributed by atoms with Crippen LogP contribution < -0.4 is 0 Å². The van der Waals surface area contributed by atoms with Crippen LogP contribution in [-0.2, 0) is 9.84 Å². The summed E-state index contributed by atoms with van der Waals surface area (Å²) in [7, 11) is -1.35. The highest BCUT2D eigenvalue weighted by Crippen LogP contribution is 2.25. The number of sulfone groups is 1. The summed E-state index contributed by atoms with van der Waals surface area (Å²) in [4.78, 5) is 4.63. The highest BCUT2D eigenvalue weighted by atomic mass is 32.2. The first-order valence-electron chi connectivity index (χ1n) is 5.27. The van der Waals surface area contributed by atoms with Gasteiger partial charge in [-0.1, -0.05) is 19.1 Å². The van der Waals surface area contributed by atoms with Gasteiger partial charge in [0.1, 0.15) is 0 Å². The average molecular weight is 239 g/mol. The van der Waals surface area contributed by atoms with Crippen LogP contribution in [-0.4, -0.2) is 26.9 Å². The number of rotatable bonds is 4.